The first-order chi connectivity index (χ1) is 7.79. The molecular formula is C14H21Cl2N. The molecule has 0 saturated carbocycles. The van der Waals surface area contributed by atoms with Crippen LogP contribution >= 0.6 is 23.2 Å². The molecular weight excluding hydrogens is 253 g/mol. The summed E-state index contributed by atoms with van der Waals surface area (Å²) in [5.74, 6) is 0.413. The largest absolute Gasteiger partial charge is 0.312 e. The maximum atomic E-state index is 6.18. The molecule has 17 heavy (non-hydrogen) atoms. The van der Waals surface area contributed by atoms with Crippen molar-refractivity contribution in [1.29, 1.82) is 0 Å². The van der Waals surface area contributed by atoms with Crippen molar-refractivity contribution in [3.05, 3.63) is 33.8 Å². The summed E-state index contributed by atoms with van der Waals surface area (Å²) in [5.41, 5.74) is 1.30. The summed E-state index contributed by atoms with van der Waals surface area (Å²) < 4.78 is 0. The molecule has 1 unspecified atom stereocenters. The van der Waals surface area contributed by atoms with Crippen LogP contribution in [0.2, 0.25) is 10.0 Å². The van der Waals surface area contributed by atoms with Gasteiger partial charge in [-0.05, 0) is 63.4 Å². The highest BCUT2D eigenvalue weighted by Gasteiger charge is 2.13. The Balaban J connectivity index is 2.58. The summed E-state index contributed by atoms with van der Waals surface area (Å²) in [4.78, 5) is 0. The van der Waals surface area contributed by atoms with Gasteiger partial charge in [0, 0.05) is 15.6 Å². The van der Waals surface area contributed by atoms with Crippen LogP contribution in [0, 0.1) is 0 Å². The van der Waals surface area contributed by atoms with Crippen molar-refractivity contribution in [1.82, 2.24) is 5.32 Å². The Labute approximate surface area is 115 Å². The van der Waals surface area contributed by atoms with Gasteiger partial charge in [0.15, 0.2) is 0 Å². The zero-order chi connectivity index (χ0) is 13.1. The summed E-state index contributed by atoms with van der Waals surface area (Å²) in [6, 6.07) is 5.66. The lowest BCUT2D eigenvalue weighted by Crippen LogP contribution is -2.36. The van der Waals surface area contributed by atoms with Crippen molar-refractivity contribution in [3.63, 3.8) is 0 Å². The lowest BCUT2D eigenvalue weighted by molar-refractivity contribution is 0.413. The van der Waals surface area contributed by atoms with E-state index in [9.17, 15) is 0 Å². The number of benzene rings is 1. The first kappa shape index (κ1) is 14.8. The molecule has 1 aromatic carbocycles. The fourth-order valence-electron chi connectivity index (χ4n) is 1.71. The van der Waals surface area contributed by atoms with Gasteiger partial charge in [-0.25, -0.2) is 0 Å². The predicted octanol–water partition coefficient (Wildman–Crippen LogP) is 4.88. The summed E-state index contributed by atoms with van der Waals surface area (Å²) >= 11 is 12.2. The van der Waals surface area contributed by atoms with Gasteiger partial charge < -0.3 is 5.32 Å². The van der Waals surface area contributed by atoms with Gasteiger partial charge in [0.25, 0.3) is 0 Å². The Bertz CT molecular complexity index is 369. The molecule has 1 rings (SSSR count). The summed E-state index contributed by atoms with van der Waals surface area (Å²) in [6.07, 6.45) is 1.05. The van der Waals surface area contributed by atoms with Gasteiger partial charge >= 0.3 is 0 Å². The SMILES string of the molecule is CC(CCNC(C)(C)C)c1cc(Cl)ccc1Cl. The van der Waals surface area contributed by atoms with Gasteiger partial charge in [-0.3, -0.25) is 0 Å². The second kappa shape index (κ2) is 6.08. The topological polar surface area (TPSA) is 12.0 Å². The van der Waals surface area contributed by atoms with Crippen molar-refractivity contribution < 1.29 is 0 Å². The predicted molar refractivity (Wildman–Crippen MR) is 77.2 cm³/mol. The number of halogens is 2. The third kappa shape index (κ3) is 5.29. The maximum Gasteiger partial charge on any atom is 0.0441 e. The molecule has 0 aliphatic heterocycles. The Morgan fingerprint density at radius 1 is 1.24 bits per heavy atom. The molecule has 0 heterocycles. The molecule has 0 aliphatic rings. The first-order valence-electron chi connectivity index (χ1n) is 5.99. The Morgan fingerprint density at radius 3 is 2.47 bits per heavy atom. The van der Waals surface area contributed by atoms with E-state index < -0.39 is 0 Å². The smallest absolute Gasteiger partial charge is 0.0441 e. The van der Waals surface area contributed by atoms with Gasteiger partial charge in [0.1, 0.15) is 0 Å². The van der Waals surface area contributed by atoms with E-state index in [0.29, 0.717) is 5.92 Å². The van der Waals surface area contributed by atoms with Gasteiger partial charge in [-0.1, -0.05) is 30.1 Å². The fourth-order valence-corrected chi connectivity index (χ4v) is 2.20. The molecule has 0 radical (unpaired) electrons. The highest BCUT2D eigenvalue weighted by molar-refractivity contribution is 6.33. The second-order valence-electron chi connectivity index (χ2n) is 5.53. The van der Waals surface area contributed by atoms with Crippen molar-refractivity contribution in [2.24, 2.45) is 0 Å². The van der Waals surface area contributed by atoms with Crippen LogP contribution in [0.3, 0.4) is 0 Å². The van der Waals surface area contributed by atoms with Crippen LogP contribution in [0.4, 0.5) is 0 Å². The third-order valence-corrected chi connectivity index (χ3v) is 3.30. The first-order valence-corrected chi connectivity index (χ1v) is 6.75. The third-order valence-electron chi connectivity index (χ3n) is 2.72. The van der Waals surface area contributed by atoms with E-state index in [4.69, 9.17) is 23.2 Å². The van der Waals surface area contributed by atoms with Crippen molar-refractivity contribution in [2.75, 3.05) is 6.54 Å². The molecule has 0 spiro atoms. The van der Waals surface area contributed by atoms with E-state index in [1.54, 1.807) is 0 Å². The Morgan fingerprint density at radius 2 is 1.88 bits per heavy atom. The Kier molecular flexibility index (Phi) is 5.30. The molecule has 1 atom stereocenters. The average Bonchev–Trinajstić information content (AvgIpc) is 2.19. The molecule has 96 valence electrons. The quantitative estimate of drug-likeness (QED) is 0.825. The highest BCUT2D eigenvalue weighted by atomic mass is 35.5. The summed E-state index contributed by atoms with van der Waals surface area (Å²) in [6.45, 7) is 9.67. The fraction of sp³-hybridized carbons (Fsp3) is 0.571. The summed E-state index contributed by atoms with van der Waals surface area (Å²) in [5, 5.41) is 5.03. The normalized spacial score (nSPS) is 13.8. The van der Waals surface area contributed by atoms with Crippen LogP contribution in [-0.2, 0) is 0 Å². The molecule has 1 N–H and O–H groups in total. The molecule has 0 fully saturated rings. The van der Waals surface area contributed by atoms with E-state index in [1.807, 2.05) is 18.2 Å². The molecule has 3 heteroatoms. The van der Waals surface area contributed by atoms with Gasteiger partial charge in [0.2, 0.25) is 0 Å². The number of rotatable bonds is 4. The number of hydrogen-bond donors (Lipinski definition) is 1. The number of hydrogen-bond acceptors (Lipinski definition) is 1. The molecule has 0 amide bonds. The molecule has 1 aromatic rings. The van der Waals surface area contributed by atoms with E-state index in [-0.39, 0.29) is 5.54 Å². The van der Waals surface area contributed by atoms with Gasteiger partial charge in [0.05, 0.1) is 0 Å². The van der Waals surface area contributed by atoms with Crippen LogP contribution in [0.15, 0.2) is 18.2 Å². The summed E-state index contributed by atoms with van der Waals surface area (Å²) in [7, 11) is 0. The molecule has 0 saturated heterocycles. The minimum atomic E-state index is 0.165. The van der Waals surface area contributed by atoms with Crippen LogP contribution in [0.25, 0.3) is 0 Å². The molecule has 0 bridgehead atoms. The van der Waals surface area contributed by atoms with Crippen molar-refractivity contribution >= 4 is 23.2 Å². The monoisotopic (exact) mass is 273 g/mol. The van der Waals surface area contributed by atoms with Gasteiger partial charge in [-0.2, -0.15) is 0 Å². The van der Waals surface area contributed by atoms with Gasteiger partial charge in [-0.15, -0.1) is 0 Å². The van der Waals surface area contributed by atoms with Crippen molar-refractivity contribution in [2.45, 2.75) is 45.6 Å². The van der Waals surface area contributed by atoms with Crippen LogP contribution in [0.5, 0.6) is 0 Å². The van der Waals surface area contributed by atoms with Crippen LogP contribution in [0.1, 0.15) is 45.6 Å². The van der Waals surface area contributed by atoms with E-state index in [2.05, 4.69) is 33.0 Å². The van der Waals surface area contributed by atoms with Crippen LogP contribution in [-0.4, -0.2) is 12.1 Å². The zero-order valence-corrected chi connectivity index (χ0v) is 12.5. The molecule has 0 aliphatic carbocycles. The zero-order valence-electron chi connectivity index (χ0n) is 11.0. The van der Waals surface area contributed by atoms with E-state index in [0.717, 1.165) is 28.6 Å². The average molecular weight is 274 g/mol. The minimum absolute atomic E-state index is 0.165. The maximum absolute atomic E-state index is 6.18. The van der Waals surface area contributed by atoms with E-state index in [1.165, 1.54) is 0 Å². The lowest BCUT2D eigenvalue weighted by Gasteiger charge is -2.22. The number of nitrogens with one attached hydrogen (secondary N) is 1. The Hall–Kier alpha value is -0.240. The van der Waals surface area contributed by atoms with E-state index >= 15 is 0 Å². The molecule has 0 aromatic heterocycles. The minimum Gasteiger partial charge on any atom is -0.312 e. The lowest BCUT2D eigenvalue weighted by atomic mass is 9.97. The second-order valence-corrected chi connectivity index (χ2v) is 6.38. The molecule has 1 nitrogen and oxygen atoms in total. The van der Waals surface area contributed by atoms with Crippen LogP contribution < -0.4 is 5.32 Å². The van der Waals surface area contributed by atoms with Crippen molar-refractivity contribution in [3.8, 4) is 0 Å². The standard InChI is InChI=1S/C14H21Cl2N/c1-10(7-8-17-14(2,3)4)12-9-11(15)5-6-13(12)16/h5-6,9-10,17H,7-8H2,1-4H3. The highest BCUT2D eigenvalue weighted by Crippen LogP contribution is 2.29.